The Kier molecular flexibility index (Phi) is 6.10. The molecule has 27 heavy (non-hydrogen) atoms. The first kappa shape index (κ1) is 20.7. The van der Waals surface area contributed by atoms with Gasteiger partial charge in [0.05, 0.1) is 0 Å². The maximum absolute atomic E-state index is 12.5. The van der Waals surface area contributed by atoms with Crippen LogP contribution in [0.3, 0.4) is 0 Å². The molecule has 0 radical (unpaired) electrons. The van der Waals surface area contributed by atoms with Gasteiger partial charge in [0.15, 0.2) is 0 Å². The Morgan fingerprint density at radius 3 is 2.22 bits per heavy atom. The molecule has 2 rings (SSSR count). The molecular formula is C19H26N2O6. The highest BCUT2D eigenvalue weighted by atomic mass is 16.6. The lowest BCUT2D eigenvalue weighted by molar-refractivity contribution is -0.152. The SMILES string of the molecule is CC(NC1CN(C(=O)OC(C)(C)C)[C@H](C(=O)O)C1C(=O)O)c1ccccc1. The molecule has 8 heteroatoms. The fourth-order valence-electron chi connectivity index (χ4n) is 3.27. The van der Waals surface area contributed by atoms with Gasteiger partial charge in [-0.15, -0.1) is 0 Å². The Balaban J connectivity index is 2.27. The normalized spacial score (nSPS) is 23.7. The molecule has 148 valence electrons. The summed E-state index contributed by atoms with van der Waals surface area (Å²) in [6.45, 7) is 6.79. The summed E-state index contributed by atoms with van der Waals surface area (Å²) in [5.41, 5.74) is 0.117. The number of hydrogen-bond acceptors (Lipinski definition) is 5. The number of rotatable bonds is 5. The number of amides is 1. The van der Waals surface area contributed by atoms with E-state index in [4.69, 9.17) is 4.74 Å². The lowest BCUT2D eigenvalue weighted by Crippen LogP contribution is -2.47. The van der Waals surface area contributed by atoms with E-state index in [1.807, 2.05) is 37.3 Å². The first-order valence-electron chi connectivity index (χ1n) is 8.77. The van der Waals surface area contributed by atoms with E-state index in [0.717, 1.165) is 10.5 Å². The van der Waals surface area contributed by atoms with Crippen LogP contribution < -0.4 is 5.32 Å². The van der Waals surface area contributed by atoms with Crippen LogP contribution in [0.5, 0.6) is 0 Å². The van der Waals surface area contributed by atoms with Crippen LogP contribution in [0, 0.1) is 5.92 Å². The molecule has 0 aromatic heterocycles. The molecule has 4 atom stereocenters. The summed E-state index contributed by atoms with van der Waals surface area (Å²) in [5, 5.41) is 22.4. The monoisotopic (exact) mass is 378 g/mol. The predicted octanol–water partition coefficient (Wildman–Crippen LogP) is 2.11. The first-order chi connectivity index (χ1) is 12.5. The second-order valence-electron chi connectivity index (χ2n) is 7.69. The summed E-state index contributed by atoms with van der Waals surface area (Å²) >= 11 is 0. The maximum atomic E-state index is 12.5. The van der Waals surface area contributed by atoms with Gasteiger partial charge in [0.1, 0.15) is 17.6 Å². The molecule has 0 saturated carbocycles. The van der Waals surface area contributed by atoms with Crippen molar-refractivity contribution in [2.75, 3.05) is 6.54 Å². The summed E-state index contributed by atoms with van der Waals surface area (Å²) < 4.78 is 5.27. The van der Waals surface area contributed by atoms with Crippen LogP contribution in [0.25, 0.3) is 0 Å². The van der Waals surface area contributed by atoms with Gasteiger partial charge in [-0.25, -0.2) is 9.59 Å². The highest BCUT2D eigenvalue weighted by Gasteiger charge is 2.53. The first-order valence-corrected chi connectivity index (χ1v) is 8.77. The van der Waals surface area contributed by atoms with Crippen molar-refractivity contribution >= 4 is 18.0 Å². The Hall–Kier alpha value is -2.61. The van der Waals surface area contributed by atoms with Crippen molar-refractivity contribution in [3.05, 3.63) is 35.9 Å². The highest BCUT2D eigenvalue weighted by Crippen LogP contribution is 2.29. The lowest BCUT2D eigenvalue weighted by atomic mass is 9.95. The number of carbonyl (C=O) groups excluding carboxylic acids is 1. The van der Waals surface area contributed by atoms with Crippen LogP contribution in [-0.4, -0.2) is 57.4 Å². The maximum Gasteiger partial charge on any atom is 0.411 e. The molecule has 1 aliphatic heterocycles. The van der Waals surface area contributed by atoms with Crippen molar-refractivity contribution in [2.24, 2.45) is 5.92 Å². The van der Waals surface area contributed by atoms with Gasteiger partial charge in [-0.1, -0.05) is 30.3 Å². The average Bonchev–Trinajstić information content (AvgIpc) is 2.94. The molecular weight excluding hydrogens is 352 g/mol. The molecule has 3 unspecified atom stereocenters. The number of nitrogens with one attached hydrogen (secondary N) is 1. The van der Waals surface area contributed by atoms with Gasteiger partial charge in [-0.2, -0.15) is 0 Å². The number of nitrogens with zero attached hydrogens (tertiary/aromatic N) is 1. The Morgan fingerprint density at radius 1 is 1.15 bits per heavy atom. The standard InChI is InChI=1S/C19H26N2O6/c1-11(12-8-6-5-7-9-12)20-13-10-21(18(26)27-19(2,3)4)15(17(24)25)14(13)16(22)23/h5-9,11,13-15,20H,10H2,1-4H3,(H,22,23)(H,24,25)/t11?,13?,14?,15-/m0/s1. The zero-order chi connectivity index (χ0) is 20.4. The summed E-state index contributed by atoms with van der Waals surface area (Å²) in [7, 11) is 0. The van der Waals surface area contributed by atoms with Crippen LogP contribution in [0.1, 0.15) is 39.3 Å². The number of carbonyl (C=O) groups is 3. The number of likely N-dealkylation sites (tertiary alicyclic amines) is 1. The number of aliphatic carboxylic acids is 2. The summed E-state index contributed by atoms with van der Waals surface area (Å²) in [6.07, 6.45) is -0.835. The molecule has 1 heterocycles. The van der Waals surface area contributed by atoms with Crippen LogP contribution in [0.4, 0.5) is 4.79 Å². The summed E-state index contributed by atoms with van der Waals surface area (Å²) in [5.74, 6) is -3.93. The highest BCUT2D eigenvalue weighted by molar-refractivity contribution is 5.88. The quantitative estimate of drug-likeness (QED) is 0.718. The van der Waals surface area contributed by atoms with Crippen molar-refractivity contribution in [1.29, 1.82) is 0 Å². The Bertz CT molecular complexity index is 700. The van der Waals surface area contributed by atoms with Crippen molar-refractivity contribution in [2.45, 2.75) is 51.4 Å². The van der Waals surface area contributed by atoms with Gasteiger partial charge in [-0.3, -0.25) is 9.69 Å². The largest absolute Gasteiger partial charge is 0.481 e. The second kappa shape index (κ2) is 7.96. The van der Waals surface area contributed by atoms with E-state index < -0.39 is 41.6 Å². The average molecular weight is 378 g/mol. The predicted molar refractivity (Wildman–Crippen MR) is 97.3 cm³/mol. The molecule has 1 aromatic rings. The van der Waals surface area contributed by atoms with Crippen molar-refractivity contribution in [1.82, 2.24) is 10.2 Å². The van der Waals surface area contributed by atoms with E-state index in [2.05, 4.69) is 5.32 Å². The van der Waals surface area contributed by atoms with Crippen LogP contribution in [0.2, 0.25) is 0 Å². The molecule has 0 spiro atoms. The summed E-state index contributed by atoms with van der Waals surface area (Å²) in [6, 6.07) is 6.94. The fourth-order valence-corrected chi connectivity index (χ4v) is 3.27. The molecule has 0 aliphatic carbocycles. The Labute approximate surface area is 158 Å². The number of benzene rings is 1. The second-order valence-corrected chi connectivity index (χ2v) is 7.69. The van der Waals surface area contributed by atoms with E-state index in [-0.39, 0.29) is 12.6 Å². The lowest BCUT2D eigenvalue weighted by Gasteiger charge is -2.27. The number of ether oxygens (including phenoxy) is 1. The molecule has 8 nitrogen and oxygen atoms in total. The Morgan fingerprint density at radius 2 is 1.74 bits per heavy atom. The van der Waals surface area contributed by atoms with Gasteiger partial charge >= 0.3 is 18.0 Å². The third-order valence-electron chi connectivity index (χ3n) is 4.43. The molecule has 1 amide bonds. The van der Waals surface area contributed by atoms with Crippen LogP contribution >= 0.6 is 0 Å². The van der Waals surface area contributed by atoms with Crippen LogP contribution in [0.15, 0.2) is 30.3 Å². The van der Waals surface area contributed by atoms with E-state index in [1.54, 1.807) is 20.8 Å². The van der Waals surface area contributed by atoms with E-state index in [1.165, 1.54) is 0 Å². The minimum absolute atomic E-state index is 0.0694. The zero-order valence-electron chi connectivity index (χ0n) is 15.9. The number of carboxylic acids is 2. The zero-order valence-corrected chi connectivity index (χ0v) is 15.9. The van der Waals surface area contributed by atoms with Crippen molar-refractivity contribution in [3.63, 3.8) is 0 Å². The topological polar surface area (TPSA) is 116 Å². The van der Waals surface area contributed by atoms with E-state index in [9.17, 15) is 24.6 Å². The van der Waals surface area contributed by atoms with Gasteiger partial charge in [0, 0.05) is 18.6 Å². The fraction of sp³-hybridized carbons (Fsp3) is 0.526. The van der Waals surface area contributed by atoms with Gasteiger partial charge in [0.2, 0.25) is 0 Å². The van der Waals surface area contributed by atoms with Crippen molar-refractivity contribution in [3.8, 4) is 0 Å². The molecule has 0 bridgehead atoms. The minimum atomic E-state index is -1.50. The smallest absolute Gasteiger partial charge is 0.411 e. The van der Waals surface area contributed by atoms with Gasteiger partial charge in [-0.05, 0) is 33.3 Å². The third-order valence-corrected chi connectivity index (χ3v) is 4.43. The summed E-state index contributed by atoms with van der Waals surface area (Å²) in [4.78, 5) is 37.0. The van der Waals surface area contributed by atoms with E-state index in [0.29, 0.717) is 0 Å². The van der Waals surface area contributed by atoms with Crippen LogP contribution in [-0.2, 0) is 14.3 Å². The minimum Gasteiger partial charge on any atom is -0.481 e. The molecule has 1 aromatic carbocycles. The molecule has 1 aliphatic rings. The van der Waals surface area contributed by atoms with Gasteiger partial charge < -0.3 is 20.3 Å². The molecule has 1 fully saturated rings. The van der Waals surface area contributed by atoms with Crippen molar-refractivity contribution < 1.29 is 29.3 Å². The number of hydrogen-bond donors (Lipinski definition) is 3. The molecule has 3 N–H and O–H groups in total. The third kappa shape index (κ3) is 4.97. The molecule has 1 saturated heterocycles. The number of carboxylic acid groups (broad SMARTS) is 2. The van der Waals surface area contributed by atoms with Gasteiger partial charge in [0.25, 0.3) is 0 Å². The van der Waals surface area contributed by atoms with E-state index >= 15 is 0 Å².